The number of carbonyl (C=O) groups is 3. The molecular formula is C26H32ClF2N5O6P+. The third kappa shape index (κ3) is 7.68. The maximum Gasteiger partial charge on any atom is 0.361 e. The summed E-state index contributed by atoms with van der Waals surface area (Å²) >= 11 is 5.78. The molecule has 2 aromatic carbocycles. The average molecular weight is 615 g/mol. The molecular weight excluding hydrogens is 583 g/mol. The van der Waals surface area contributed by atoms with Crippen molar-refractivity contribution in [2.75, 3.05) is 31.6 Å². The molecule has 2 aromatic rings. The molecule has 0 radical (unpaired) electrons. The van der Waals surface area contributed by atoms with Crippen LogP contribution in [-0.2, 0) is 34.5 Å². The van der Waals surface area contributed by atoms with E-state index in [1.165, 1.54) is 36.4 Å². The Hall–Kier alpha value is -3.38. The number of benzene rings is 2. The van der Waals surface area contributed by atoms with Crippen LogP contribution in [0.3, 0.4) is 0 Å². The highest BCUT2D eigenvalue weighted by Gasteiger charge is 2.39. The minimum Gasteiger partial charge on any atom is -0.375 e. The highest BCUT2D eigenvalue weighted by atomic mass is 35.5. The van der Waals surface area contributed by atoms with Crippen LogP contribution in [0.25, 0.3) is 0 Å². The lowest BCUT2D eigenvalue weighted by atomic mass is 10.1. The molecule has 3 rings (SSSR count). The van der Waals surface area contributed by atoms with Crippen molar-refractivity contribution in [2.45, 2.75) is 39.0 Å². The molecule has 15 heteroatoms. The van der Waals surface area contributed by atoms with Crippen molar-refractivity contribution < 1.29 is 42.2 Å². The van der Waals surface area contributed by atoms with Crippen LogP contribution < -0.4 is 27.1 Å². The van der Waals surface area contributed by atoms with Gasteiger partial charge in [0.2, 0.25) is 11.8 Å². The van der Waals surface area contributed by atoms with Gasteiger partial charge in [-0.3, -0.25) is 18.9 Å². The van der Waals surface area contributed by atoms with Crippen LogP contribution in [0.15, 0.2) is 36.4 Å². The van der Waals surface area contributed by atoms with Gasteiger partial charge in [0.1, 0.15) is 18.0 Å². The standard InChI is InChI=1S/C26H31ClF2N5O6P/c1-3-39-41(38,40-4-2)17-8-9-18(24(30)25(31)36)20(11-17)32-13-22(35)34-14-16(28)10-21(34)26(37)33-12-15-6-5-7-19(27)23(15)29/h5-9,11,16,21,30,32H,3-4,10,12-14H2,1-2H3,(H2,31,36)(H,33,37)/p+1/t16-,21+/m1/s1. The topological polar surface area (TPSA) is 166 Å². The van der Waals surface area contributed by atoms with E-state index in [1.54, 1.807) is 13.8 Å². The summed E-state index contributed by atoms with van der Waals surface area (Å²) in [6.07, 6.45) is -1.71. The first kappa shape index (κ1) is 32.1. The van der Waals surface area contributed by atoms with Crippen LogP contribution in [0.1, 0.15) is 31.4 Å². The SMILES string of the molecule is CCOP(=O)(OCC)c1ccc(C(=[NH2+])C(N)=O)c(NCC(=O)N2C[C@H](F)C[C@H]2C(=O)NCc2cccc(Cl)c2F)c1. The Kier molecular flexibility index (Phi) is 11.0. The van der Waals surface area contributed by atoms with Gasteiger partial charge in [-0.05, 0) is 38.1 Å². The molecule has 1 aliphatic heterocycles. The zero-order valence-electron chi connectivity index (χ0n) is 22.5. The lowest BCUT2D eigenvalue weighted by Crippen LogP contribution is -2.49. The van der Waals surface area contributed by atoms with Crippen molar-refractivity contribution in [3.8, 4) is 0 Å². The highest BCUT2D eigenvalue weighted by molar-refractivity contribution is 7.62. The average Bonchev–Trinajstić information content (AvgIpc) is 3.33. The Morgan fingerprint density at radius 1 is 1.20 bits per heavy atom. The summed E-state index contributed by atoms with van der Waals surface area (Å²) in [4.78, 5) is 38.9. The van der Waals surface area contributed by atoms with Crippen molar-refractivity contribution in [1.29, 1.82) is 0 Å². The number of nitrogens with one attached hydrogen (secondary N) is 2. The highest BCUT2D eigenvalue weighted by Crippen LogP contribution is 2.47. The van der Waals surface area contributed by atoms with E-state index in [2.05, 4.69) is 10.6 Å². The lowest BCUT2D eigenvalue weighted by molar-refractivity contribution is -0.137. The second-order valence-electron chi connectivity index (χ2n) is 9.02. The predicted molar refractivity (Wildman–Crippen MR) is 149 cm³/mol. The van der Waals surface area contributed by atoms with Gasteiger partial charge in [-0.25, -0.2) is 14.2 Å². The molecule has 0 aromatic heterocycles. The summed E-state index contributed by atoms with van der Waals surface area (Å²) in [7, 11) is -3.75. The van der Waals surface area contributed by atoms with E-state index >= 15 is 0 Å². The molecule has 3 amide bonds. The van der Waals surface area contributed by atoms with E-state index in [4.69, 9.17) is 31.8 Å². The largest absolute Gasteiger partial charge is 0.375 e. The molecule has 41 heavy (non-hydrogen) atoms. The molecule has 1 saturated heterocycles. The van der Waals surface area contributed by atoms with Gasteiger partial charge in [0, 0.05) is 24.2 Å². The molecule has 222 valence electrons. The number of alkyl halides is 1. The van der Waals surface area contributed by atoms with Crippen molar-refractivity contribution in [3.63, 3.8) is 0 Å². The summed E-state index contributed by atoms with van der Waals surface area (Å²) in [5.74, 6) is -2.94. The van der Waals surface area contributed by atoms with E-state index in [9.17, 15) is 27.7 Å². The van der Waals surface area contributed by atoms with Crippen molar-refractivity contribution in [2.24, 2.45) is 5.73 Å². The first-order valence-electron chi connectivity index (χ1n) is 12.8. The number of nitrogens with zero attached hydrogens (tertiary/aromatic N) is 1. The molecule has 1 aliphatic rings. The van der Waals surface area contributed by atoms with Crippen LogP contribution >= 0.6 is 19.2 Å². The molecule has 2 atom stereocenters. The van der Waals surface area contributed by atoms with E-state index in [0.29, 0.717) is 0 Å². The second kappa shape index (κ2) is 14.0. The number of rotatable bonds is 13. The Bertz CT molecular complexity index is 1370. The monoisotopic (exact) mass is 614 g/mol. The number of nitrogens with two attached hydrogens (primary N) is 2. The smallest absolute Gasteiger partial charge is 0.361 e. The number of likely N-dealkylation sites (tertiary alicyclic amines) is 1. The Morgan fingerprint density at radius 2 is 1.88 bits per heavy atom. The fraction of sp³-hybridized carbons (Fsp3) is 0.385. The van der Waals surface area contributed by atoms with Gasteiger partial charge in [0.25, 0.3) is 5.71 Å². The summed E-state index contributed by atoms with van der Waals surface area (Å²) in [6.45, 7) is 2.46. The molecule has 0 unspecified atom stereocenters. The van der Waals surface area contributed by atoms with Crippen LogP contribution in [0.5, 0.6) is 0 Å². The van der Waals surface area contributed by atoms with Crippen molar-refractivity contribution >= 4 is 53.6 Å². The van der Waals surface area contributed by atoms with Gasteiger partial charge >= 0.3 is 13.5 Å². The maximum absolute atomic E-state index is 14.4. The number of primary amides is 1. The van der Waals surface area contributed by atoms with Gasteiger partial charge < -0.3 is 30.3 Å². The van der Waals surface area contributed by atoms with E-state index in [1.807, 2.05) is 0 Å². The predicted octanol–water partition coefficient (Wildman–Crippen LogP) is 1.07. The molecule has 6 N–H and O–H groups in total. The zero-order valence-corrected chi connectivity index (χ0v) is 24.1. The number of hydrogen-bond donors (Lipinski definition) is 4. The van der Waals surface area contributed by atoms with E-state index in [-0.39, 0.29) is 65.6 Å². The van der Waals surface area contributed by atoms with Crippen LogP contribution in [0.2, 0.25) is 5.02 Å². The molecule has 0 saturated carbocycles. The minimum atomic E-state index is -3.75. The number of halogens is 3. The first-order valence-corrected chi connectivity index (χ1v) is 14.7. The summed E-state index contributed by atoms with van der Waals surface area (Å²) < 4.78 is 52.6. The summed E-state index contributed by atoms with van der Waals surface area (Å²) in [5, 5.41) is 11.2. The van der Waals surface area contributed by atoms with Crippen molar-refractivity contribution in [3.05, 3.63) is 58.4 Å². The van der Waals surface area contributed by atoms with E-state index < -0.39 is 49.9 Å². The number of amides is 3. The summed E-state index contributed by atoms with van der Waals surface area (Å²) in [5.41, 5.74) is 5.38. The van der Waals surface area contributed by atoms with Gasteiger partial charge in [-0.15, -0.1) is 0 Å². The third-order valence-corrected chi connectivity index (χ3v) is 8.66. The zero-order chi connectivity index (χ0) is 30.3. The Morgan fingerprint density at radius 3 is 2.51 bits per heavy atom. The van der Waals surface area contributed by atoms with Crippen LogP contribution in [-0.4, -0.2) is 66.8 Å². The number of anilines is 1. The van der Waals surface area contributed by atoms with Crippen molar-refractivity contribution in [1.82, 2.24) is 10.2 Å². The van der Waals surface area contributed by atoms with E-state index in [0.717, 1.165) is 4.90 Å². The molecule has 1 fully saturated rings. The first-order chi connectivity index (χ1) is 19.4. The number of carbonyl (C=O) groups excluding carboxylic acids is 3. The fourth-order valence-corrected chi connectivity index (χ4v) is 6.10. The van der Waals surface area contributed by atoms with Gasteiger partial charge in [0.15, 0.2) is 0 Å². The Labute approximate surface area is 240 Å². The van der Waals surface area contributed by atoms with Crippen LogP contribution in [0, 0.1) is 5.82 Å². The molecule has 0 bridgehead atoms. The molecule has 11 nitrogen and oxygen atoms in total. The minimum absolute atomic E-state index is 0.0859. The molecule has 0 spiro atoms. The van der Waals surface area contributed by atoms with Crippen LogP contribution in [0.4, 0.5) is 14.5 Å². The Balaban J connectivity index is 1.79. The quantitative estimate of drug-likeness (QED) is 0.193. The summed E-state index contributed by atoms with van der Waals surface area (Å²) in [6, 6.07) is 7.32. The lowest BCUT2D eigenvalue weighted by Gasteiger charge is -2.24. The van der Waals surface area contributed by atoms with Gasteiger partial charge in [0.05, 0.1) is 42.2 Å². The molecule has 0 aliphatic carbocycles. The normalized spacial score (nSPS) is 16.9. The second-order valence-corrected chi connectivity index (χ2v) is 11.5. The molecule has 1 heterocycles. The third-order valence-electron chi connectivity index (χ3n) is 6.26. The van der Waals surface area contributed by atoms with Gasteiger partial charge in [-0.2, -0.15) is 0 Å². The fourth-order valence-electron chi connectivity index (χ4n) is 4.31. The van der Waals surface area contributed by atoms with Gasteiger partial charge in [-0.1, -0.05) is 23.7 Å². The maximum atomic E-state index is 14.4. The number of hydrogen-bond acceptors (Lipinski definition) is 7.